The number of benzene rings is 1. The molecular formula is C17H22N2OS. The van der Waals surface area contributed by atoms with E-state index in [1.165, 1.54) is 34.0 Å². The summed E-state index contributed by atoms with van der Waals surface area (Å²) in [6, 6.07) is 8.72. The number of hydrogen-bond donors (Lipinski definition) is 1. The molecule has 112 valence electrons. The van der Waals surface area contributed by atoms with E-state index in [1.54, 1.807) is 7.11 Å². The van der Waals surface area contributed by atoms with Crippen molar-refractivity contribution in [2.45, 2.75) is 38.6 Å². The van der Waals surface area contributed by atoms with Crippen molar-refractivity contribution in [1.82, 2.24) is 10.3 Å². The molecule has 1 unspecified atom stereocenters. The molecule has 1 N–H and O–H groups in total. The van der Waals surface area contributed by atoms with Gasteiger partial charge in [0.05, 0.1) is 17.8 Å². The Kier molecular flexibility index (Phi) is 4.56. The van der Waals surface area contributed by atoms with E-state index in [0.29, 0.717) is 6.04 Å². The molecule has 4 heteroatoms. The molecule has 1 heterocycles. The molecule has 1 aliphatic rings. The van der Waals surface area contributed by atoms with Gasteiger partial charge in [0.25, 0.3) is 0 Å². The van der Waals surface area contributed by atoms with E-state index in [4.69, 9.17) is 9.72 Å². The highest BCUT2D eigenvalue weighted by Gasteiger charge is 2.24. The van der Waals surface area contributed by atoms with Gasteiger partial charge in [-0.3, -0.25) is 0 Å². The Labute approximate surface area is 130 Å². The molecule has 3 rings (SSSR count). The number of aromatic nitrogens is 1. The molecule has 21 heavy (non-hydrogen) atoms. The number of fused-ring (bicyclic) bond motifs is 1. The Bertz CT molecular complexity index is 609. The van der Waals surface area contributed by atoms with Gasteiger partial charge < -0.3 is 10.1 Å². The van der Waals surface area contributed by atoms with Crippen molar-refractivity contribution in [3.63, 3.8) is 0 Å². The van der Waals surface area contributed by atoms with Gasteiger partial charge in [0.1, 0.15) is 5.75 Å². The van der Waals surface area contributed by atoms with Gasteiger partial charge in [-0.05, 0) is 31.9 Å². The zero-order valence-electron chi connectivity index (χ0n) is 12.7. The predicted molar refractivity (Wildman–Crippen MR) is 87.3 cm³/mol. The Morgan fingerprint density at radius 3 is 3.05 bits per heavy atom. The van der Waals surface area contributed by atoms with Crippen LogP contribution in [0, 0.1) is 0 Å². The Morgan fingerprint density at radius 1 is 1.38 bits per heavy atom. The van der Waals surface area contributed by atoms with Gasteiger partial charge >= 0.3 is 0 Å². The van der Waals surface area contributed by atoms with Crippen molar-refractivity contribution in [2.24, 2.45) is 0 Å². The highest BCUT2D eigenvalue weighted by Crippen LogP contribution is 2.35. The molecule has 1 atom stereocenters. The fourth-order valence-corrected chi connectivity index (χ4v) is 4.25. The molecule has 3 nitrogen and oxygen atoms in total. The van der Waals surface area contributed by atoms with E-state index >= 15 is 0 Å². The summed E-state index contributed by atoms with van der Waals surface area (Å²) < 4.78 is 5.44. The van der Waals surface area contributed by atoms with Crippen molar-refractivity contribution < 1.29 is 4.74 Å². The van der Waals surface area contributed by atoms with Crippen molar-refractivity contribution >= 4 is 11.3 Å². The van der Waals surface area contributed by atoms with Crippen LogP contribution < -0.4 is 10.1 Å². The Balaban J connectivity index is 1.84. The summed E-state index contributed by atoms with van der Waals surface area (Å²) in [6.45, 7) is 3.19. The number of hydrogen-bond acceptors (Lipinski definition) is 4. The molecule has 0 saturated heterocycles. The summed E-state index contributed by atoms with van der Waals surface area (Å²) in [5.41, 5.74) is 2.52. The average molecular weight is 302 g/mol. The van der Waals surface area contributed by atoms with Gasteiger partial charge in [-0.25, -0.2) is 4.98 Å². The van der Waals surface area contributed by atoms with Crippen LogP contribution in [-0.4, -0.2) is 18.6 Å². The highest BCUT2D eigenvalue weighted by molar-refractivity contribution is 7.11. The maximum Gasteiger partial charge on any atom is 0.122 e. The minimum Gasteiger partial charge on any atom is -0.496 e. The molecule has 0 amide bonds. The van der Waals surface area contributed by atoms with Gasteiger partial charge in [0.2, 0.25) is 0 Å². The lowest BCUT2D eigenvalue weighted by Crippen LogP contribution is -2.23. The van der Waals surface area contributed by atoms with Crippen LogP contribution in [0.2, 0.25) is 0 Å². The summed E-state index contributed by atoms with van der Waals surface area (Å²) in [6.07, 6.45) is 4.46. The molecule has 0 saturated carbocycles. The smallest absolute Gasteiger partial charge is 0.122 e. The number of ether oxygens (including phenoxy) is 1. The van der Waals surface area contributed by atoms with Crippen LogP contribution in [-0.2, 0) is 12.8 Å². The first kappa shape index (κ1) is 14.5. The summed E-state index contributed by atoms with van der Waals surface area (Å²) in [5.74, 6) is 0.953. The topological polar surface area (TPSA) is 34.2 Å². The van der Waals surface area contributed by atoms with Gasteiger partial charge in [-0.15, -0.1) is 11.3 Å². The molecule has 0 radical (unpaired) electrons. The molecule has 0 spiro atoms. The van der Waals surface area contributed by atoms with Gasteiger partial charge in [-0.1, -0.05) is 25.1 Å². The fourth-order valence-electron chi connectivity index (χ4n) is 3.00. The number of para-hydroxylation sites is 1. The maximum absolute atomic E-state index is 5.44. The SMILES string of the molecule is CCNC1CCCc2nc(Cc3ccccc3OC)sc21. The van der Waals surface area contributed by atoms with Gasteiger partial charge in [-0.2, -0.15) is 0 Å². The summed E-state index contributed by atoms with van der Waals surface area (Å²) in [4.78, 5) is 6.33. The lowest BCUT2D eigenvalue weighted by Gasteiger charge is -2.21. The predicted octanol–water partition coefficient (Wildman–Crippen LogP) is 3.73. The molecule has 1 aromatic carbocycles. The minimum atomic E-state index is 0.502. The molecule has 1 aromatic heterocycles. The molecular weight excluding hydrogens is 280 g/mol. The van der Waals surface area contributed by atoms with E-state index in [1.807, 2.05) is 23.5 Å². The first-order valence-corrected chi connectivity index (χ1v) is 8.47. The van der Waals surface area contributed by atoms with E-state index in [-0.39, 0.29) is 0 Å². The summed E-state index contributed by atoms with van der Waals surface area (Å²) >= 11 is 1.87. The van der Waals surface area contributed by atoms with Gasteiger partial charge in [0.15, 0.2) is 0 Å². The minimum absolute atomic E-state index is 0.502. The van der Waals surface area contributed by atoms with Crippen LogP contribution in [0.5, 0.6) is 5.75 Å². The van der Waals surface area contributed by atoms with E-state index in [0.717, 1.165) is 25.1 Å². The molecule has 1 aliphatic carbocycles. The molecule has 2 aromatic rings. The van der Waals surface area contributed by atoms with E-state index in [2.05, 4.69) is 24.4 Å². The zero-order valence-corrected chi connectivity index (χ0v) is 13.5. The van der Waals surface area contributed by atoms with Crippen LogP contribution >= 0.6 is 11.3 Å². The normalized spacial score (nSPS) is 17.5. The molecule has 0 bridgehead atoms. The quantitative estimate of drug-likeness (QED) is 0.914. The van der Waals surface area contributed by atoms with E-state index in [9.17, 15) is 0 Å². The second kappa shape index (κ2) is 6.58. The van der Waals surface area contributed by atoms with Crippen LogP contribution in [0.25, 0.3) is 0 Å². The van der Waals surface area contributed by atoms with Crippen LogP contribution in [0.15, 0.2) is 24.3 Å². The van der Waals surface area contributed by atoms with Crippen LogP contribution in [0.4, 0.5) is 0 Å². The van der Waals surface area contributed by atoms with Crippen molar-refractivity contribution in [2.75, 3.05) is 13.7 Å². The molecule has 0 fully saturated rings. The number of thiazole rings is 1. The second-order valence-corrected chi connectivity index (χ2v) is 6.52. The number of aryl methyl sites for hydroxylation is 1. The largest absolute Gasteiger partial charge is 0.496 e. The number of methoxy groups -OCH3 is 1. The fraction of sp³-hybridized carbons (Fsp3) is 0.471. The first-order valence-electron chi connectivity index (χ1n) is 7.65. The first-order chi connectivity index (χ1) is 10.3. The number of nitrogens with zero attached hydrogens (tertiary/aromatic N) is 1. The second-order valence-electron chi connectivity index (χ2n) is 5.41. The van der Waals surface area contributed by atoms with Crippen molar-refractivity contribution in [3.8, 4) is 5.75 Å². The van der Waals surface area contributed by atoms with Crippen molar-refractivity contribution in [3.05, 3.63) is 45.4 Å². The summed E-state index contributed by atoms with van der Waals surface area (Å²) in [7, 11) is 1.73. The standard InChI is InChI=1S/C17H22N2OS/c1-3-18-13-8-6-9-14-17(13)21-16(19-14)11-12-7-4-5-10-15(12)20-2/h4-5,7,10,13,18H,3,6,8-9,11H2,1-2H3. The number of nitrogens with one attached hydrogen (secondary N) is 1. The number of rotatable bonds is 5. The van der Waals surface area contributed by atoms with Crippen LogP contribution in [0.3, 0.4) is 0 Å². The third-order valence-electron chi connectivity index (χ3n) is 3.98. The maximum atomic E-state index is 5.44. The lowest BCUT2D eigenvalue weighted by molar-refractivity contribution is 0.410. The van der Waals surface area contributed by atoms with Gasteiger partial charge in [0, 0.05) is 22.9 Å². The lowest BCUT2D eigenvalue weighted by atomic mass is 9.98. The zero-order chi connectivity index (χ0) is 14.7. The Morgan fingerprint density at radius 2 is 2.24 bits per heavy atom. The third kappa shape index (κ3) is 3.11. The third-order valence-corrected chi connectivity index (χ3v) is 5.19. The average Bonchev–Trinajstić information content (AvgIpc) is 2.92. The monoisotopic (exact) mass is 302 g/mol. The van der Waals surface area contributed by atoms with E-state index < -0.39 is 0 Å². The molecule has 0 aliphatic heterocycles. The van der Waals surface area contributed by atoms with Crippen LogP contribution in [0.1, 0.15) is 46.9 Å². The highest BCUT2D eigenvalue weighted by atomic mass is 32.1. The summed E-state index contributed by atoms with van der Waals surface area (Å²) in [5, 5.41) is 4.79. The van der Waals surface area contributed by atoms with Crippen molar-refractivity contribution in [1.29, 1.82) is 0 Å². The Hall–Kier alpha value is -1.39.